The minimum absolute atomic E-state index is 0.491. The maximum Gasteiger partial charge on any atom is 0.214 e. The summed E-state index contributed by atoms with van der Waals surface area (Å²) in [4.78, 5) is 4.02. The van der Waals surface area contributed by atoms with E-state index in [9.17, 15) is 0 Å². The molecule has 2 N–H and O–H groups in total. The highest BCUT2D eigenvalue weighted by molar-refractivity contribution is 7.71. The Morgan fingerprint density at radius 3 is 2.72 bits per heavy atom. The highest BCUT2D eigenvalue weighted by Gasteiger charge is 2.10. The number of hydrogen-bond donors (Lipinski definition) is 2. The molecule has 130 valence electrons. The van der Waals surface area contributed by atoms with Gasteiger partial charge in [0.1, 0.15) is 0 Å². The van der Waals surface area contributed by atoms with E-state index in [0.29, 0.717) is 29.5 Å². The molecule has 0 aliphatic rings. The normalized spacial score (nSPS) is 10.5. The first-order valence-corrected chi connectivity index (χ1v) is 8.25. The van der Waals surface area contributed by atoms with Crippen molar-refractivity contribution in [3.63, 3.8) is 0 Å². The Hall–Kier alpha value is -2.87. The summed E-state index contributed by atoms with van der Waals surface area (Å²) < 4.78 is 13.2. The molecule has 0 aliphatic carbocycles. The van der Waals surface area contributed by atoms with Crippen LogP contribution in [0.2, 0.25) is 0 Å². The van der Waals surface area contributed by atoms with Gasteiger partial charge < -0.3 is 14.9 Å². The molecule has 3 aromatic rings. The number of rotatable bonds is 7. The van der Waals surface area contributed by atoms with Crippen molar-refractivity contribution in [2.75, 3.05) is 19.1 Å². The number of methoxy groups -OCH3 is 1. The van der Waals surface area contributed by atoms with E-state index in [1.807, 2.05) is 37.3 Å². The van der Waals surface area contributed by atoms with Gasteiger partial charge >= 0.3 is 0 Å². The topological polar surface area (TPSA) is 77.0 Å². The van der Waals surface area contributed by atoms with Gasteiger partial charge in [-0.05, 0) is 49.0 Å². The molecule has 2 aromatic heterocycles. The van der Waals surface area contributed by atoms with E-state index in [2.05, 4.69) is 20.6 Å². The number of aromatic amines is 1. The Labute approximate surface area is 150 Å². The molecule has 0 spiro atoms. The second-order valence-electron chi connectivity index (χ2n) is 5.18. The summed E-state index contributed by atoms with van der Waals surface area (Å²) in [5.41, 5.74) is 5.24. The Bertz CT molecular complexity index is 892. The van der Waals surface area contributed by atoms with E-state index < -0.39 is 0 Å². The van der Waals surface area contributed by atoms with Crippen molar-refractivity contribution in [3.05, 3.63) is 53.1 Å². The van der Waals surface area contributed by atoms with Crippen LogP contribution in [0.1, 0.15) is 12.5 Å². The van der Waals surface area contributed by atoms with Crippen molar-refractivity contribution in [2.45, 2.75) is 13.5 Å². The molecule has 0 saturated heterocycles. The predicted molar refractivity (Wildman–Crippen MR) is 97.9 cm³/mol. The lowest BCUT2D eigenvalue weighted by molar-refractivity contribution is 0.310. The third-order valence-corrected chi connectivity index (χ3v) is 3.85. The van der Waals surface area contributed by atoms with E-state index in [1.54, 1.807) is 24.2 Å². The quantitative estimate of drug-likeness (QED) is 0.633. The molecule has 2 heterocycles. The van der Waals surface area contributed by atoms with Crippen molar-refractivity contribution >= 4 is 12.2 Å². The van der Waals surface area contributed by atoms with Crippen molar-refractivity contribution in [3.8, 4) is 22.9 Å². The molecule has 0 fully saturated rings. The fraction of sp³-hybridized carbons (Fsp3) is 0.235. The summed E-state index contributed by atoms with van der Waals surface area (Å²) in [6.45, 7) is 3.07. The summed E-state index contributed by atoms with van der Waals surface area (Å²) in [5, 5.41) is 7.09. The van der Waals surface area contributed by atoms with Gasteiger partial charge in [-0.15, -0.1) is 0 Å². The zero-order valence-electron chi connectivity index (χ0n) is 14.0. The molecular formula is C17H19N5O2S. The van der Waals surface area contributed by atoms with Crippen LogP contribution in [0.3, 0.4) is 0 Å². The molecular weight excluding hydrogens is 338 g/mol. The molecule has 3 rings (SSSR count). The maximum absolute atomic E-state index is 5.62. The van der Waals surface area contributed by atoms with Gasteiger partial charge in [0.15, 0.2) is 17.3 Å². The molecule has 0 unspecified atom stereocenters. The molecule has 7 nitrogen and oxygen atoms in total. The molecule has 1 aromatic carbocycles. The van der Waals surface area contributed by atoms with Gasteiger partial charge in [-0.1, -0.05) is 6.07 Å². The van der Waals surface area contributed by atoms with Gasteiger partial charge in [-0.3, -0.25) is 4.98 Å². The molecule has 25 heavy (non-hydrogen) atoms. The first-order valence-electron chi connectivity index (χ1n) is 7.84. The van der Waals surface area contributed by atoms with Crippen molar-refractivity contribution in [2.24, 2.45) is 0 Å². The van der Waals surface area contributed by atoms with E-state index in [1.165, 1.54) is 0 Å². The molecule has 0 aliphatic heterocycles. The van der Waals surface area contributed by atoms with Crippen molar-refractivity contribution < 1.29 is 9.47 Å². The summed E-state index contributed by atoms with van der Waals surface area (Å²) in [6, 6.07) is 9.57. The Balaban J connectivity index is 1.82. The van der Waals surface area contributed by atoms with Crippen molar-refractivity contribution in [1.29, 1.82) is 0 Å². The highest BCUT2D eigenvalue weighted by atomic mass is 32.1. The lowest BCUT2D eigenvalue weighted by Gasteiger charge is -2.13. The molecule has 0 bridgehead atoms. The third-order valence-electron chi connectivity index (χ3n) is 3.58. The zero-order chi connectivity index (χ0) is 17.6. The van der Waals surface area contributed by atoms with E-state index in [-0.39, 0.29) is 0 Å². The second kappa shape index (κ2) is 7.80. The summed E-state index contributed by atoms with van der Waals surface area (Å²) >= 11 is 5.32. The number of nitrogens with one attached hydrogen (secondary N) is 2. The van der Waals surface area contributed by atoms with Crippen LogP contribution in [0.5, 0.6) is 11.5 Å². The number of benzene rings is 1. The van der Waals surface area contributed by atoms with Gasteiger partial charge in [-0.25, -0.2) is 9.77 Å². The minimum atomic E-state index is 0.491. The Morgan fingerprint density at radius 2 is 2.00 bits per heavy atom. The monoisotopic (exact) mass is 357 g/mol. The number of nitrogens with zero attached hydrogens (tertiary/aromatic N) is 3. The minimum Gasteiger partial charge on any atom is -0.493 e. The molecule has 0 atom stereocenters. The number of pyridine rings is 1. The first kappa shape index (κ1) is 17.0. The van der Waals surface area contributed by atoms with Gasteiger partial charge in [-0.2, -0.15) is 5.10 Å². The molecule has 0 amide bonds. The van der Waals surface area contributed by atoms with E-state index in [0.717, 1.165) is 16.9 Å². The zero-order valence-corrected chi connectivity index (χ0v) is 14.8. The van der Waals surface area contributed by atoms with Crippen LogP contribution in [0, 0.1) is 4.77 Å². The SMILES string of the molecule is CCOc1cc(CNn2c(-c3ccncc3)n[nH]c2=S)ccc1OC. The Kier molecular flexibility index (Phi) is 5.30. The first-order chi connectivity index (χ1) is 12.2. The molecule has 8 heteroatoms. The smallest absolute Gasteiger partial charge is 0.214 e. The van der Waals surface area contributed by atoms with E-state index in [4.69, 9.17) is 21.7 Å². The van der Waals surface area contributed by atoms with Crippen molar-refractivity contribution in [1.82, 2.24) is 19.9 Å². The van der Waals surface area contributed by atoms with Crippen LogP contribution < -0.4 is 14.9 Å². The van der Waals surface area contributed by atoms with Gasteiger partial charge in [0, 0.05) is 18.0 Å². The lowest BCUT2D eigenvalue weighted by atomic mass is 10.2. The van der Waals surface area contributed by atoms with Crippen LogP contribution in [0.4, 0.5) is 0 Å². The highest BCUT2D eigenvalue weighted by Crippen LogP contribution is 2.28. The Morgan fingerprint density at radius 1 is 1.20 bits per heavy atom. The largest absolute Gasteiger partial charge is 0.493 e. The standard InChI is InChI=1S/C17H19N5O2S/c1-3-24-15-10-12(4-5-14(15)23-2)11-19-22-16(20-21-17(22)25)13-6-8-18-9-7-13/h4-10,19H,3,11H2,1-2H3,(H,21,25). The lowest BCUT2D eigenvalue weighted by Crippen LogP contribution is -2.16. The number of hydrogen-bond acceptors (Lipinski definition) is 6. The van der Waals surface area contributed by atoms with Gasteiger partial charge in [0.05, 0.1) is 20.3 Å². The van der Waals surface area contributed by atoms with Crippen LogP contribution in [-0.4, -0.2) is 33.6 Å². The molecule has 0 radical (unpaired) electrons. The summed E-state index contributed by atoms with van der Waals surface area (Å²) in [5.74, 6) is 2.13. The average Bonchev–Trinajstić information content (AvgIpc) is 3.02. The second-order valence-corrected chi connectivity index (χ2v) is 5.56. The molecule has 0 saturated carbocycles. The fourth-order valence-electron chi connectivity index (χ4n) is 2.41. The average molecular weight is 357 g/mol. The van der Waals surface area contributed by atoms with Crippen LogP contribution in [0.15, 0.2) is 42.7 Å². The van der Waals surface area contributed by atoms with Gasteiger partial charge in [0.25, 0.3) is 0 Å². The van der Waals surface area contributed by atoms with Crippen LogP contribution in [0.25, 0.3) is 11.4 Å². The van der Waals surface area contributed by atoms with E-state index >= 15 is 0 Å². The van der Waals surface area contributed by atoms with Crippen LogP contribution >= 0.6 is 12.2 Å². The maximum atomic E-state index is 5.62. The van der Waals surface area contributed by atoms with Gasteiger partial charge in [0.2, 0.25) is 4.77 Å². The predicted octanol–water partition coefficient (Wildman–Crippen LogP) is 3.15. The number of H-pyrrole nitrogens is 1. The summed E-state index contributed by atoms with van der Waals surface area (Å²) in [7, 11) is 1.63. The summed E-state index contributed by atoms with van der Waals surface area (Å²) in [6.07, 6.45) is 3.43. The van der Waals surface area contributed by atoms with Crippen LogP contribution in [-0.2, 0) is 6.54 Å². The fourth-order valence-corrected chi connectivity index (χ4v) is 2.60. The number of ether oxygens (including phenoxy) is 2. The third kappa shape index (κ3) is 3.80. The number of aromatic nitrogens is 4.